The molecule has 0 aromatic rings. The molecule has 0 amide bonds. The van der Waals surface area contributed by atoms with E-state index in [1.807, 2.05) is 0 Å². The third-order valence-electron chi connectivity index (χ3n) is 0.0913. The topological polar surface area (TPSA) is 47.6 Å². The van der Waals surface area contributed by atoms with Crippen molar-refractivity contribution in [3.63, 3.8) is 0 Å². The van der Waals surface area contributed by atoms with Crippen molar-refractivity contribution in [2.24, 2.45) is 0 Å². The predicted octanol–water partition coefficient (Wildman–Crippen LogP) is -0.347. The van der Waals surface area contributed by atoms with Gasteiger partial charge in [0.25, 0.3) is 0 Å². The number of nitriles is 2. The van der Waals surface area contributed by atoms with Gasteiger partial charge in [0.05, 0.1) is 0 Å². The fraction of sp³-hybridized carbons (Fsp3) is 0. The first-order valence-electron chi connectivity index (χ1n) is 0.855. The van der Waals surface area contributed by atoms with Crippen LogP contribution in [0.2, 0.25) is 0 Å². The van der Waals surface area contributed by atoms with Crippen molar-refractivity contribution in [2.75, 3.05) is 0 Å². The number of hydrogen-bond acceptors (Lipinski definition) is 2. The first-order chi connectivity index (χ1) is 2.41. The predicted molar refractivity (Wildman–Crippen MR) is 17.0 cm³/mol. The zero-order valence-electron chi connectivity index (χ0n) is 2.30. The molecule has 0 rings (SSSR count). The minimum atomic E-state index is -0.896. The van der Waals surface area contributed by atoms with Gasteiger partial charge in [-0.1, -0.05) is 0 Å². The Hall–Kier alpha value is -0.230. The average Bonchev–Trinajstić information content (AvgIpc) is 1.41. The summed E-state index contributed by atoms with van der Waals surface area (Å²) in [6, 6.07) is 0. The molecule has 0 N–H and O–H groups in total. The van der Waals surface area contributed by atoms with Gasteiger partial charge in [0.1, 0.15) is 0 Å². The van der Waals surface area contributed by atoms with Crippen LogP contribution in [-0.2, 0) is 0 Å². The standard InChI is InChI=1S/C2N2Te/c3-1-5-2-4. The fourth-order valence-electron chi connectivity index (χ4n) is 0.0204. The molecule has 0 saturated carbocycles. The van der Waals surface area contributed by atoms with E-state index in [4.69, 9.17) is 10.5 Å². The van der Waals surface area contributed by atoms with Gasteiger partial charge in [0.15, 0.2) is 0 Å². The van der Waals surface area contributed by atoms with Crippen LogP contribution < -0.4 is 0 Å². The Balaban J connectivity index is 2.86. The van der Waals surface area contributed by atoms with Gasteiger partial charge >= 0.3 is 39.7 Å². The molecule has 0 atom stereocenters. The summed E-state index contributed by atoms with van der Waals surface area (Å²) < 4.78 is 3.57. The van der Waals surface area contributed by atoms with Crippen LogP contribution in [-0.4, -0.2) is 20.9 Å². The Labute approximate surface area is 40.1 Å². The van der Waals surface area contributed by atoms with Crippen LogP contribution in [0, 0.1) is 18.8 Å². The maximum absolute atomic E-state index is 7.65. The Bertz CT molecular complexity index is 72.8. The Kier molecular flexibility index (Phi) is 3.60. The van der Waals surface area contributed by atoms with Crippen molar-refractivity contribution >= 4 is 20.9 Å². The summed E-state index contributed by atoms with van der Waals surface area (Å²) in [6.45, 7) is 0. The second kappa shape index (κ2) is 3.77. The van der Waals surface area contributed by atoms with E-state index in [0.717, 1.165) is 0 Å². The Morgan fingerprint density at radius 1 is 1.20 bits per heavy atom. The summed E-state index contributed by atoms with van der Waals surface area (Å²) in [7, 11) is 0. The molecule has 0 unspecified atom stereocenters. The van der Waals surface area contributed by atoms with Crippen molar-refractivity contribution in [1.82, 2.24) is 0 Å². The number of rotatable bonds is 0. The first kappa shape index (κ1) is 4.77. The van der Waals surface area contributed by atoms with Crippen LogP contribution >= 0.6 is 0 Å². The summed E-state index contributed by atoms with van der Waals surface area (Å²) >= 11 is -0.896. The quantitative estimate of drug-likeness (QED) is 0.478. The number of nitrogens with zero attached hydrogens (tertiary/aromatic N) is 2. The first-order valence-corrected chi connectivity index (χ1v) is 3.19. The molecule has 0 heterocycles. The molecule has 0 aliphatic heterocycles. The van der Waals surface area contributed by atoms with Crippen molar-refractivity contribution in [1.29, 1.82) is 10.5 Å². The second-order valence-corrected chi connectivity index (χ2v) is 1.91. The third kappa shape index (κ3) is 3.77. The van der Waals surface area contributed by atoms with Gasteiger partial charge in [-0.3, -0.25) is 0 Å². The van der Waals surface area contributed by atoms with Crippen LogP contribution in [0.25, 0.3) is 0 Å². The molecule has 24 valence electrons. The summed E-state index contributed by atoms with van der Waals surface area (Å²) in [6.07, 6.45) is 0. The van der Waals surface area contributed by atoms with Gasteiger partial charge in [-0.05, 0) is 0 Å². The SMILES string of the molecule is N#C[Te]C#N. The van der Waals surface area contributed by atoms with Gasteiger partial charge in [-0.15, -0.1) is 0 Å². The zero-order valence-corrected chi connectivity index (χ0v) is 4.63. The van der Waals surface area contributed by atoms with Crippen molar-refractivity contribution in [3.8, 4) is 8.23 Å². The Morgan fingerprint density at radius 2 is 1.60 bits per heavy atom. The van der Waals surface area contributed by atoms with Gasteiger partial charge in [-0.25, -0.2) is 0 Å². The Morgan fingerprint density at radius 3 is 1.60 bits per heavy atom. The molecule has 2 nitrogen and oxygen atoms in total. The zero-order chi connectivity index (χ0) is 4.12. The van der Waals surface area contributed by atoms with Crippen molar-refractivity contribution in [3.05, 3.63) is 0 Å². The van der Waals surface area contributed by atoms with Crippen LogP contribution in [0.5, 0.6) is 0 Å². The van der Waals surface area contributed by atoms with Crippen molar-refractivity contribution in [2.45, 2.75) is 0 Å². The van der Waals surface area contributed by atoms with Crippen LogP contribution in [0.1, 0.15) is 0 Å². The van der Waals surface area contributed by atoms with E-state index in [2.05, 4.69) is 0 Å². The summed E-state index contributed by atoms with van der Waals surface area (Å²) in [5.74, 6) is 0. The number of hydrogen-bond donors (Lipinski definition) is 0. The van der Waals surface area contributed by atoms with Crippen LogP contribution in [0.4, 0.5) is 0 Å². The van der Waals surface area contributed by atoms with Gasteiger partial charge in [0, 0.05) is 0 Å². The molecule has 0 aromatic heterocycles. The molecular weight excluding hydrogens is 180 g/mol. The van der Waals surface area contributed by atoms with E-state index in [1.165, 1.54) is 0 Å². The third-order valence-corrected chi connectivity index (χ3v) is 0.612. The van der Waals surface area contributed by atoms with Crippen LogP contribution in [0.3, 0.4) is 0 Å². The van der Waals surface area contributed by atoms with Gasteiger partial charge < -0.3 is 0 Å². The van der Waals surface area contributed by atoms with E-state index < -0.39 is 20.9 Å². The molecule has 0 spiro atoms. The molecule has 0 bridgehead atoms. The molecule has 5 heavy (non-hydrogen) atoms. The van der Waals surface area contributed by atoms with E-state index in [0.29, 0.717) is 0 Å². The summed E-state index contributed by atoms with van der Waals surface area (Å²) in [4.78, 5) is 0. The van der Waals surface area contributed by atoms with Gasteiger partial charge in [-0.2, -0.15) is 0 Å². The molecule has 0 radical (unpaired) electrons. The summed E-state index contributed by atoms with van der Waals surface area (Å²) in [5.41, 5.74) is 0. The van der Waals surface area contributed by atoms with E-state index in [-0.39, 0.29) is 0 Å². The van der Waals surface area contributed by atoms with E-state index >= 15 is 0 Å². The van der Waals surface area contributed by atoms with Gasteiger partial charge in [0.2, 0.25) is 0 Å². The molecule has 0 aliphatic rings. The molecular formula is C2N2Te. The maximum atomic E-state index is 7.65. The minimum absolute atomic E-state index is 0.896. The normalized spacial score (nSPS) is 4.40. The molecule has 0 aromatic carbocycles. The molecule has 0 aliphatic carbocycles. The average molecular weight is 180 g/mol. The van der Waals surface area contributed by atoms with E-state index in [9.17, 15) is 0 Å². The molecule has 3 heteroatoms. The van der Waals surface area contributed by atoms with Crippen LogP contribution in [0.15, 0.2) is 0 Å². The van der Waals surface area contributed by atoms with E-state index in [1.54, 1.807) is 8.23 Å². The van der Waals surface area contributed by atoms with Crippen molar-refractivity contribution < 1.29 is 0 Å². The monoisotopic (exact) mass is 182 g/mol. The second-order valence-electron chi connectivity index (χ2n) is 0.285. The summed E-state index contributed by atoms with van der Waals surface area (Å²) in [5, 5.41) is 15.3. The molecule has 0 saturated heterocycles. The molecule has 0 fully saturated rings. The fourth-order valence-corrected chi connectivity index (χ4v) is 0.137.